The van der Waals surface area contributed by atoms with Gasteiger partial charge in [0.25, 0.3) is 0 Å². The van der Waals surface area contributed by atoms with Crippen molar-refractivity contribution in [2.24, 2.45) is 5.41 Å². The number of nitrogens with zero attached hydrogens (tertiary/aromatic N) is 3. The number of hydrogen-bond donors (Lipinski definition) is 2. The predicted molar refractivity (Wildman–Crippen MR) is 134 cm³/mol. The molecule has 34 heavy (non-hydrogen) atoms. The second kappa shape index (κ2) is 10.2. The monoisotopic (exact) mass is 478 g/mol. The first-order chi connectivity index (χ1) is 16.4. The summed E-state index contributed by atoms with van der Waals surface area (Å²) in [4.78, 5) is 19.6. The van der Waals surface area contributed by atoms with Crippen LogP contribution in [0.3, 0.4) is 0 Å². The highest BCUT2D eigenvalue weighted by molar-refractivity contribution is 6.32. The molecule has 2 N–H and O–H groups in total. The summed E-state index contributed by atoms with van der Waals surface area (Å²) in [6.07, 6.45) is 5.61. The highest BCUT2D eigenvalue weighted by atomic mass is 35.5. The fourth-order valence-electron chi connectivity index (χ4n) is 3.91. The SMILES string of the molecule is CC(C)(CC=O)Cc1cccc(Oc2ccc(Nc3ncnc4ccn(CCO)c34)cc2Cl)c1. The van der Waals surface area contributed by atoms with Crippen LogP contribution in [0.4, 0.5) is 11.5 Å². The number of halogens is 1. The zero-order valence-electron chi connectivity index (χ0n) is 19.2. The summed E-state index contributed by atoms with van der Waals surface area (Å²) in [7, 11) is 0. The van der Waals surface area contributed by atoms with Gasteiger partial charge in [-0.25, -0.2) is 9.97 Å². The first-order valence-electron chi connectivity index (χ1n) is 11.1. The van der Waals surface area contributed by atoms with Crippen molar-refractivity contribution >= 4 is 40.4 Å². The van der Waals surface area contributed by atoms with Gasteiger partial charge >= 0.3 is 0 Å². The Morgan fingerprint density at radius 3 is 2.79 bits per heavy atom. The van der Waals surface area contributed by atoms with Crippen molar-refractivity contribution in [3.63, 3.8) is 0 Å². The standard InChI is InChI=1S/C26H27ClN4O3/c1-26(2,9-12-32)16-18-4-3-5-20(14-18)34-23-7-6-19(15-21(23)27)30-25-24-22(28-17-29-25)8-10-31(24)11-13-33/h3-8,10,12,14-15,17,33H,9,11,13,16H2,1-2H3,(H,28,29,30). The third-order valence-corrected chi connectivity index (χ3v) is 5.83. The number of hydrogen-bond acceptors (Lipinski definition) is 6. The van der Waals surface area contributed by atoms with Crippen LogP contribution < -0.4 is 10.1 Å². The molecule has 8 heteroatoms. The maximum Gasteiger partial charge on any atom is 0.158 e. The predicted octanol–water partition coefficient (Wildman–Crippen LogP) is 5.77. The third kappa shape index (κ3) is 5.55. The van der Waals surface area contributed by atoms with E-state index < -0.39 is 0 Å². The van der Waals surface area contributed by atoms with Crippen molar-refractivity contribution in [1.29, 1.82) is 0 Å². The molecule has 0 spiro atoms. The molecule has 0 saturated carbocycles. The topological polar surface area (TPSA) is 89.3 Å². The summed E-state index contributed by atoms with van der Waals surface area (Å²) in [5.41, 5.74) is 3.32. The van der Waals surface area contributed by atoms with Crippen LogP contribution in [0.1, 0.15) is 25.8 Å². The number of fused-ring (bicyclic) bond motifs is 1. The molecule has 0 aliphatic carbocycles. The molecule has 0 aliphatic heterocycles. The van der Waals surface area contributed by atoms with Gasteiger partial charge in [-0.1, -0.05) is 37.6 Å². The number of aromatic nitrogens is 3. The number of benzene rings is 2. The van der Waals surface area contributed by atoms with Crippen LogP contribution >= 0.6 is 11.6 Å². The summed E-state index contributed by atoms with van der Waals surface area (Å²) in [5.74, 6) is 1.84. The molecule has 0 unspecified atom stereocenters. The van der Waals surface area contributed by atoms with E-state index in [1.807, 2.05) is 47.2 Å². The van der Waals surface area contributed by atoms with Crippen molar-refractivity contribution in [3.8, 4) is 11.5 Å². The fraction of sp³-hybridized carbons (Fsp3) is 0.269. The van der Waals surface area contributed by atoms with Gasteiger partial charge in [0.1, 0.15) is 29.6 Å². The summed E-state index contributed by atoms with van der Waals surface area (Å²) in [5, 5.41) is 13.1. The molecule has 2 aromatic carbocycles. The van der Waals surface area contributed by atoms with Gasteiger partial charge in [-0.3, -0.25) is 0 Å². The normalized spacial score (nSPS) is 11.5. The maximum atomic E-state index is 10.9. The molecule has 0 saturated heterocycles. The van der Waals surface area contributed by atoms with E-state index in [0.29, 0.717) is 35.3 Å². The van der Waals surface area contributed by atoms with Crippen molar-refractivity contribution in [1.82, 2.24) is 14.5 Å². The van der Waals surface area contributed by atoms with Crippen LogP contribution in [-0.2, 0) is 17.8 Å². The van der Waals surface area contributed by atoms with Crippen molar-refractivity contribution < 1.29 is 14.6 Å². The van der Waals surface area contributed by atoms with E-state index in [0.717, 1.165) is 35.0 Å². The van der Waals surface area contributed by atoms with Crippen molar-refractivity contribution in [2.45, 2.75) is 33.2 Å². The minimum atomic E-state index is -0.116. The number of aliphatic hydroxyl groups is 1. The van der Waals surface area contributed by atoms with Gasteiger partial charge in [0, 0.05) is 24.8 Å². The Kier molecular flexibility index (Phi) is 7.14. The number of carbonyl (C=O) groups excluding carboxylic acids is 1. The number of ether oxygens (including phenoxy) is 1. The lowest BCUT2D eigenvalue weighted by Gasteiger charge is -2.22. The van der Waals surface area contributed by atoms with E-state index in [1.54, 1.807) is 12.1 Å². The van der Waals surface area contributed by atoms with Gasteiger partial charge in [0.2, 0.25) is 0 Å². The minimum absolute atomic E-state index is 0.0196. The van der Waals surface area contributed by atoms with Gasteiger partial charge in [0.05, 0.1) is 17.1 Å². The minimum Gasteiger partial charge on any atom is -0.456 e. The second-order valence-electron chi connectivity index (χ2n) is 8.92. The van der Waals surface area contributed by atoms with Gasteiger partial charge in [-0.05, 0) is 53.8 Å². The average molecular weight is 479 g/mol. The molecule has 0 radical (unpaired) electrons. The smallest absolute Gasteiger partial charge is 0.158 e. The summed E-state index contributed by atoms with van der Waals surface area (Å²) < 4.78 is 7.95. The van der Waals surface area contributed by atoms with Crippen molar-refractivity contribution in [3.05, 3.63) is 71.6 Å². The molecule has 0 atom stereocenters. The van der Waals surface area contributed by atoms with Gasteiger partial charge in [-0.2, -0.15) is 0 Å². The number of nitrogens with one attached hydrogen (secondary N) is 1. The Morgan fingerprint density at radius 1 is 1.18 bits per heavy atom. The number of carbonyl (C=O) groups is 1. The fourth-order valence-corrected chi connectivity index (χ4v) is 4.13. The van der Waals surface area contributed by atoms with Gasteiger partial charge in [0.15, 0.2) is 5.82 Å². The Balaban J connectivity index is 1.52. The molecule has 4 aromatic rings. The molecule has 0 bridgehead atoms. The number of rotatable bonds is 10. The molecular formula is C26H27ClN4O3. The molecule has 176 valence electrons. The quantitative estimate of drug-likeness (QED) is 0.281. The van der Waals surface area contributed by atoms with Crippen LogP contribution in [0.5, 0.6) is 11.5 Å². The van der Waals surface area contributed by atoms with E-state index in [1.165, 1.54) is 6.33 Å². The molecule has 4 rings (SSSR count). The first kappa shape index (κ1) is 23.7. The Hall–Kier alpha value is -3.42. The van der Waals surface area contributed by atoms with Crippen LogP contribution in [0.15, 0.2) is 61.1 Å². The van der Waals surface area contributed by atoms with E-state index >= 15 is 0 Å². The summed E-state index contributed by atoms with van der Waals surface area (Å²) >= 11 is 6.54. The maximum absolute atomic E-state index is 10.9. The van der Waals surface area contributed by atoms with Gasteiger partial charge < -0.3 is 24.5 Å². The second-order valence-corrected chi connectivity index (χ2v) is 9.33. The van der Waals surface area contributed by atoms with Crippen LogP contribution in [0.25, 0.3) is 11.0 Å². The zero-order valence-corrected chi connectivity index (χ0v) is 19.9. The number of aldehydes is 1. The Bertz CT molecular complexity index is 1300. The molecule has 7 nitrogen and oxygen atoms in total. The lowest BCUT2D eigenvalue weighted by atomic mass is 9.83. The largest absolute Gasteiger partial charge is 0.456 e. The molecule has 0 fully saturated rings. The Morgan fingerprint density at radius 2 is 2.03 bits per heavy atom. The Labute approximate surface area is 203 Å². The van der Waals surface area contributed by atoms with E-state index in [4.69, 9.17) is 16.3 Å². The molecule has 0 aliphatic rings. The van der Waals surface area contributed by atoms with E-state index in [9.17, 15) is 9.90 Å². The van der Waals surface area contributed by atoms with Crippen LogP contribution in [0, 0.1) is 5.41 Å². The number of anilines is 2. The van der Waals surface area contributed by atoms with Crippen molar-refractivity contribution in [2.75, 3.05) is 11.9 Å². The van der Waals surface area contributed by atoms with Crippen LogP contribution in [0.2, 0.25) is 5.02 Å². The molecular weight excluding hydrogens is 452 g/mol. The summed E-state index contributed by atoms with van der Waals surface area (Å²) in [6, 6.07) is 15.2. The van der Waals surface area contributed by atoms with E-state index in [2.05, 4.69) is 29.1 Å². The third-order valence-electron chi connectivity index (χ3n) is 5.53. The highest BCUT2D eigenvalue weighted by Gasteiger charge is 2.18. The number of aliphatic hydroxyl groups excluding tert-OH is 1. The lowest BCUT2D eigenvalue weighted by molar-refractivity contribution is -0.109. The molecule has 0 amide bonds. The zero-order chi connectivity index (χ0) is 24.1. The summed E-state index contributed by atoms with van der Waals surface area (Å²) in [6.45, 7) is 4.61. The average Bonchev–Trinajstić information content (AvgIpc) is 3.20. The van der Waals surface area contributed by atoms with E-state index in [-0.39, 0.29) is 12.0 Å². The molecule has 2 aromatic heterocycles. The highest BCUT2D eigenvalue weighted by Crippen LogP contribution is 2.34. The van der Waals surface area contributed by atoms with Gasteiger partial charge in [-0.15, -0.1) is 0 Å². The van der Waals surface area contributed by atoms with Crippen LogP contribution in [-0.4, -0.2) is 32.5 Å². The first-order valence-corrected chi connectivity index (χ1v) is 11.4. The molecule has 2 heterocycles. The lowest BCUT2D eigenvalue weighted by Crippen LogP contribution is -2.15.